The Labute approximate surface area is 160 Å². The monoisotopic (exact) mass is 368 g/mol. The summed E-state index contributed by atoms with van der Waals surface area (Å²) in [6, 6.07) is 8.05. The first-order valence-corrected chi connectivity index (χ1v) is 9.64. The van der Waals surface area contributed by atoms with E-state index in [4.69, 9.17) is 0 Å². The number of nitrogens with zero attached hydrogens (tertiary/aromatic N) is 3. The molecule has 0 bridgehead atoms. The van der Waals surface area contributed by atoms with E-state index in [9.17, 15) is 9.59 Å². The number of pyridine rings is 1. The average Bonchev–Trinajstić information content (AvgIpc) is 2.66. The molecule has 1 aliphatic heterocycles. The lowest BCUT2D eigenvalue weighted by atomic mass is 10.1. The Kier molecular flexibility index (Phi) is 6.06. The lowest BCUT2D eigenvalue weighted by Gasteiger charge is -2.34. The Balaban J connectivity index is 1.65. The number of hydrogen-bond donors (Lipinski definition) is 1. The maximum absolute atomic E-state index is 13.0. The first-order valence-electron chi connectivity index (χ1n) is 9.64. The van der Waals surface area contributed by atoms with Crippen LogP contribution in [0.25, 0.3) is 10.9 Å². The Morgan fingerprint density at radius 1 is 1.11 bits per heavy atom. The second kappa shape index (κ2) is 8.48. The maximum Gasteiger partial charge on any atom is 0.255 e. The number of hydrogen-bond acceptors (Lipinski definition) is 4. The summed E-state index contributed by atoms with van der Waals surface area (Å²) < 4.78 is 0. The van der Waals surface area contributed by atoms with Crippen LogP contribution in [0.4, 0.5) is 0 Å². The van der Waals surface area contributed by atoms with Gasteiger partial charge in [-0.1, -0.05) is 18.6 Å². The van der Waals surface area contributed by atoms with Gasteiger partial charge in [-0.2, -0.15) is 0 Å². The molecule has 2 amide bonds. The fraction of sp³-hybridized carbons (Fsp3) is 0.476. The SMILES string of the molecule is CCCNC(=O)CN1CCN(C(=O)c2cc3cc(C)ccc3nc2C)CC1. The molecule has 27 heavy (non-hydrogen) atoms. The lowest BCUT2D eigenvalue weighted by molar-refractivity contribution is -0.122. The van der Waals surface area contributed by atoms with Crippen molar-refractivity contribution in [1.29, 1.82) is 0 Å². The summed E-state index contributed by atoms with van der Waals surface area (Å²) in [5.41, 5.74) is 3.50. The summed E-state index contributed by atoms with van der Waals surface area (Å²) in [5, 5.41) is 3.89. The number of benzene rings is 1. The van der Waals surface area contributed by atoms with Crippen molar-refractivity contribution in [3.8, 4) is 0 Å². The quantitative estimate of drug-likeness (QED) is 0.878. The number of piperazine rings is 1. The highest BCUT2D eigenvalue weighted by Gasteiger charge is 2.24. The van der Waals surface area contributed by atoms with Crippen LogP contribution in [-0.2, 0) is 4.79 Å². The third-order valence-electron chi connectivity index (χ3n) is 4.99. The van der Waals surface area contributed by atoms with Gasteiger partial charge in [-0.3, -0.25) is 19.5 Å². The summed E-state index contributed by atoms with van der Waals surface area (Å²) in [4.78, 5) is 33.4. The topological polar surface area (TPSA) is 65.5 Å². The van der Waals surface area contributed by atoms with Crippen molar-refractivity contribution < 1.29 is 9.59 Å². The molecule has 0 unspecified atom stereocenters. The Morgan fingerprint density at radius 2 is 1.85 bits per heavy atom. The summed E-state index contributed by atoms with van der Waals surface area (Å²) in [5.74, 6) is 0.0834. The van der Waals surface area contributed by atoms with Gasteiger partial charge in [0.15, 0.2) is 0 Å². The van der Waals surface area contributed by atoms with Crippen molar-refractivity contribution in [1.82, 2.24) is 20.1 Å². The largest absolute Gasteiger partial charge is 0.355 e. The highest BCUT2D eigenvalue weighted by Crippen LogP contribution is 2.20. The molecular formula is C21H28N4O2. The van der Waals surface area contributed by atoms with Gasteiger partial charge in [-0.15, -0.1) is 0 Å². The van der Waals surface area contributed by atoms with E-state index in [0.29, 0.717) is 44.8 Å². The maximum atomic E-state index is 13.0. The molecule has 0 radical (unpaired) electrons. The third-order valence-corrected chi connectivity index (χ3v) is 4.99. The van der Waals surface area contributed by atoms with Gasteiger partial charge in [-0.05, 0) is 38.5 Å². The number of rotatable bonds is 5. The molecule has 2 heterocycles. The predicted molar refractivity (Wildman–Crippen MR) is 107 cm³/mol. The van der Waals surface area contributed by atoms with Crippen LogP contribution in [0.5, 0.6) is 0 Å². The number of aryl methyl sites for hydroxylation is 2. The zero-order valence-electron chi connectivity index (χ0n) is 16.4. The summed E-state index contributed by atoms with van der Waals surface area (Å²) >= 11 is 0. The lowest BCUT2D eigenvalue weighted by Crippen LogP contribution is -2.51. The van der Waals surface area contributed by atoms with E-state index in [1.54, 1.807) is 0 Å². The molecule has 1 fully saturated rings. The molecule has 0 spiro atoms. The van der Waals surface area contributed by atoms with E-state index in [0.717, 1.165) is 28.6 Å². The minimum Gasteiger partial charge on any atom is -0.355 e. The molecule has 2 aromatic rings. The van der Waals surface area contributed by atoms with Gasteiger partial charge in [-0.25, -0.2) is 0 Å². The van der Waals surface area contributed by atoms with Crippen LogP contribution in [0.3, 0.4) is 0 Å². The van der Waals surface area contributed by atoms with Gasteiger partial charge < -0.3 is 10.2 Å². The van der Waals surface area contributed by atoms with E-state index in [1.807, 2.05) is 43.9 Å². The number of aromatic nitrogens is 1. The number of fused-ring (bicyclic) bond motifs is 1. The van der Waals surface area contributed by atoms with Crippen LogP contribution in [-0.4, -0.2) is 65.9 Å². The van der Waals surface area contributed by atoms with E-state index < -0.39 is 0 Å². The van der Waals surface area contributed by atoms with Crippen molar-refractivity contribution in [2.24, 2.45) is 0 Å². The zero-order chi connectivity index (χ0) is 19.4. The second-order valence-corrected chi connectivity index (χ2v) is 7.24. The molecule has 1 aromatic carbocycles. The van der Waals surface area contributed by atoms with Crippen LogP contribution in [0.15, 0.2) is 24.3 Å². The highest BCUT2D eigenvalue weighted by molar-refractivity contribution is 5.98. The molecule has 0 saturated carbocycles. The second-order valence-electron chi connectivity index (χ2n) is 7.24. The van der Waals surface area contributed by atoms with E-state index in [2.05, 4.69) is 21.3 Å². The molecular weight excluding hydrogens is 340 g/mol. The zero-order valence-corrected chi connectivity index (χ0v) is 16.4. The van der Waals surface area contributed by atoms with Gasteiger partial charge in [0.2, 0.25) is 5.91 Å². The first-order chi connectivity index (χ1) is 13.0. The average molecular weight is 368 g/mol. The van der Waals surface area contributed by atoms with Crippen LogP contribution < -0.4 is 5.32 Å². The Hall–Kier alpha value is -2.47. The number of amides is 2. The fourth-order valence-electron chi connectivity index (χ4n) is 3.41. The molecule has 1 N–H and O–H groups in total. The summed E-state index contributed by atoms with van der Waals surface area (Å²) in [6.45, 7) is 9.77. The number of carbonyl (C=O) groups is 2. The van der Waals surface area contributed by atoms with Gasteiger partial charge in [0.05, 0.1) is 23.3 Å². The molecule has 6 heteroatoms. The molecule has 0 aliphatic carbocycles. The number of nitrogens with one attached hydrogen (secondary N) is 1. The Morgan fingerprint density at radius 3 is 2.56 bits per heavy atom. The normalized spacial score (nSPS) is 15.1. The van der Waals surface area contributed by atoms with Crippen molar-refractivity contribution in [2.45, 2.75) is 27.2 Å². The minimum absolute atomic E-state index is 0.0264. The van der Waals surface area contributed by atoms with Gasteiger partial charge in [0.25, 0.3) is 5.91 Å². The van der Waals surface area contributed by atoms with Crippen LogP contribution in [0.1, 0.15) is 35.0 Å². The smallest absolute Gasteiger partial charge is 0.255 e. The molecule has 0 atom stereocenters. The molecule has 144 valence electrons. The standard InChI is InChI=1S/C21H28N4O2/c1-4-7-22-20(26)14-24-8-10-25(11-9-24)21(27)18-13-17-12-15(2)5-6-19(17)23-16(18)3/h5-6,12-13H,4,7-11,14H2,1-3H3,(H,22,26). The first kappa shape index (κ1) is 19.3. The van der Waals surface area contributed by atoms with Crippen molar-refractivity contribution in [2.75, 3.05) is 39.3 Å². The van der Waals surface area contributed by atoms with Crippen molar-refractivity contribution >= 4 is 22.7 Å². The Bertz CT molecular complexity index is 841. The van der Waals surface area contributed by atoms with Crippen LogP contribution >= 0.6 is 0 Å². The third kappa shape index (κ3) is 4.63. The molecule has 1 aromatic heterocycles. The van der Waals surface area contributed by atoms with E-state index in [1.165, 1.54) is 0 Å². The van der Waals surface area contributed by atoms with Crippen LogP contribution in [0.2, 0.25) is 0 Å². The molecule has 1 aliphatic rings. The minimum atomic E-state index is 0.0264. The summed E-state index contributed by atoms with van der Waals surface area (Å²) in [7, 11) is 0. The van der Waals surface area contributed by atoms with Crippen LogP contribution in [0, 0.1) is 13.8 Å². The predicted octanol–water partition coefficient (Wildman–Crippen LogP) is 2.14. The molecule has 6 nitrogen and oxygen atoms in total. The van der Waals surface area contributed by atoms with E-state index in [-0.39, 0.29) is 11.8 Å². The number of carbonyl (C=O) groups excluding carboxylic acids is 2. The summed E-state index contributed by atoms with van der Waals surface area (Å²) in [6.07, 6.45) is 0.937. The molecule has 3 rings (SSSR count). The van der Waals surface area contributed by atoms with Crippen molar-refractivity contribution in [3.63, 3.8) is 0 Å². The molecule has 1 saturated heterocycles. The van der Waals surface area contributed by atoms with Gasteiger partial charge >= 0.3 is 0 Å². The van der Waals surface area contributed by atoms with Gasteiger partial charge in [0.1, 0.15) is 0 Å². The van der Waals surface area contributed by atoms with Gasteiger partial charge in [0, 0.05) is 38.1 Å². The highest BCUT2D eigenvalue weighted by atomic mass is 16.2. The van der Waals surface area contributed by atoms with E-state index >= 15 is 0 Å². The van der Waals surface area contributed by atoms with Crippen molar-refractivity contribution in [3.05, 3.63) is 41.1 Å². The fourth-order valence-corrected chi connectivity index (χ4v) is 3.41.